The Labute approximate surface area is 104 Å². The second-order valence-corrected chi connectivity index (χ2v) is 6.83. The van der Waals surface area contributed by atoms with Gasteiger partial charge in [0.25, 0.3) is 0 Å². The maximum Gasteiger partial charge on any atom is 0.0667 e. The van der Waals surface area contributed by atoms with Gasteiger partial charge in [-0.25, -0.2) is 0 Å². The lowest BCUT2D eigenvalue weighted by Crippen LogP contribution is -2.33. The summed E-state index contributed by atoms with van der Waals surface area (Å²) in [4.78, 5) is 0. The maximum absolute atomic E-state index is 9.93. The van der Waals surface area contributed by atoms with E-state index >= 15 is 0 Å². The zero-order valence-corrected chi connectivity index (χ0v) is 11.2. The third-order valence-electron chi connectivity index (χ3n) is 4.15. The van der Waals surface area contributed by atoms with E-state index in [-0.39, 0.29) is 6.10 Å². The summed E-state index contributed by atoms with van der Waals surface area (Å²) in [5.74, 6) is 0.798. The van der Waals surface area contributed by atoms with Crippen molar-refractivity contribution in [2.45, 2.75) is 55.8 Å². The summed E-state index contributed by atoms with van der Waals surface area (Å²) >= 11 is 1.98. The lowest BCUT2D eigenvalue weighted by Gasteiger charge is -2.18. The standard InChI is InChI=1S/C13H25NOS/c1-16-13(6-7-13)10-14-9-12(15)8-11-4-2-3-5-11/h11-12,14-15H,2-10H2,1H3. The van der Waals surface area contributed by atoms with E-state index in [0.717, 1.165) is 25.4 Å². The largest absolute Gasteiger partial charge is 0.392 e. The molecule has 2 rings (SSSR count). The molecule has 0 aromatic carbocycles. The van der Waals surface area contributed by atoms with Crippen LogP contribution in [0.2, 0.25) is 0 Å². The molecule has 0 bridgehead atoms. The smallest absolute Gasteiger partial charge is 0.0667 e. The Morgan fingerprint density at radius 1 is 1.38 bits per heavy atom. The Balaban J connectivity index is 1.55. The molecule has 1 unspecified atom stereocenters. The first-order valence-electron chi connectivity index (χ1n) is 6.68. The third kappa shape index (κ3) is 3.64. The van der Waals surface area contributed by atoms with Crippen LogP contribution in [-0.4, -0.2) is 35.3 Å². The first-order valence-corrected chi connectivity index (χ1v) is 7.90. The first-order chi connectivity index (χ1) is 7.74. The van der Waals surface area contributed by atoms with Gasteiger partial charge in [0.2, 0.25) is 0 Å². The number of hydrogen-bond acceptors (Lipinski definition) is 3. The van der Waals surface area contributed by atoms with E-state index < -0.39 is 0 Å². The van der Waals surface area contributed by atoms with Crippen molar-refractivity contribution in [3.05, 3.63) is 0 Å². The molecule has 94 valence electrons. The van der Waals surface area contributed by atoms with Gasteiger partial charge in [-0.05, 0) is 31.4 Å². The molecule has 2 N–H and O–H groups in total. The Hall–Kier alpha value is 0.270. The molecule has 2 nitrogen and oxygen atoms in total. The molecule has 1 atom stereocenters. The second-order valence-electron chi connectivity index (χ2n) is 5.56. The molecule has 2 saturated carbocycles. The second kappa shape index (κ2) is 5.74. The van der Waals surface area contributed by atoms with Crippen molar-refractivity contribution in [2.75, 3.05) is 19.3 Å². The quantitative estimate of drug-likeness (QED) is 0.720. The average molecular weight is 243 g/mol. The molecule has 3 heteroatoms. The fraction of sp³-hybridized carbons (Fsp3) is 1.00. The first kappa shape index (κ1) is 12.7. The number of thioether (sulfide) groups is 1. The molecule has 0 saturated heterocycles. The van der Waals surface area contributed by atoms with Crippen LogP contribution in [0.4, 0.5) is 0 Å². The fourth-order valence-corrected chi connectivity index (χ4v) is 3.53. The van der Waals surface area contributed by atoms with Crippen LogP contribution in [0.1, 0.15) is 44.9 Å². The van der Waals surface area contributed by atoms with Crippen molar-refractivity contribution in [3.63, 3.8) is 0 Å². The van der Waals surface area contributed by atoms with Crippen molar-refractivity contribution in [1.29, 1.82) is 0 Å². The Morgan fingerprint density at radius 2 is 2.06 bits per heavy atom. The number of aliphatic hydroxyl groups excluding tert-OH is 1. The summed E-state index contributed by atoms with van der Waals surface area (Å²) in [5, 5.41) is 13.4. The van der Waals surface area contributed by atoms with E-state index in [9.17, 15) is 5.11 Å². The van der Waals surface area contributed by atoms with E-state index in [4.69, 9.17) is 0 Å². The zero-order valence-electron chi connectivity index (χ0n) is 10.4. The van der Waals surface area contributed by atoms with Crippen LogP contribution in [-0.2, 0) is 0 Å². The Kier molecular flexibility index (Phi) is 4.57. The van der Waals surface area contributed by atoms with E-state index in [1.807, 2.05) is 11.8 Å². The van der Waals surface area contributed by atoms with E-state index in [1.54, 1.807) is 0 Å². The Morgan fingerprint density at radius 3 is 2.62 bits per heavy atom. The minimum atomic E-state index is -0.124. The highest BCUT2D eigenvalue weighted by Crippen LogP contribution is 2.46. The van der Waals surface area contributed by atoms with Gasteiger partial charge < -0.3 is 10.4 Å². The number of rotatable bonds is 7. The molecule has 0 aromatic rings. The summed E-state index contributed by atoms with van der Waals surface area (Å²) in [6, 6.07) is 0. The van der Waals surface area contributed by atoms with E-state index in [1.165, 1.54) is 38.5 Å². The number of aliphatic hydroxyl groups is 1. The molecule has 0 spiro atoms. The van der Waals surface area contributed by atoms with Crippen molar-refractivity contribution in [1.82, 2.24) is 5.32 Å². The van der Waals surface area contributed by atoms with Crippen LogP contribution in [0.5, 0.6) is 0 Å². The molecule has 2 aliphatic rings. The summed E-state index contributed by atoms with van der Waals surface area (Å²) < 4.78 is 0.521. The summed E-state index contributed by atoms with van der Waals surface area (Å²) in [6.07, 6.45) is 11.2. The highest BCUT2D eigenvalue weighted by atomic mass is 32.2. The van der Waals surface area contributed by atoms with Crippen molar-refractivity contribution < 1.29 is 5.11 Å². The molecular weight excluding hydrogens is 218 g/mol. The van der Waals surface area contributed by atoms with Crippen molar-refractivity contribution >= 4 is 11.8 Å². The lowest BCUT2D eigenvalue weighted by molar-refractivity contribution is 0.141. The van der Waals surface area contributed by atoms with Crippen LogP contribution >= 0.6 is 11.8 Å². The van der Waals surface area contributed by atoms with Gasteiger partial charge in [0.05, 0.1) is 6.10 Å². The summed E-state index contributed by atoms with van der Waals surface area (Å²) in [5.41, 5.74) is 0. The maximum atomic E-state index is 9.93. The third-order valence-corrected chi connectivity index (χ3v) is 5.57. The minimum Gasteiger partial charge on any atom is -0.392 e. The lowest BCUT2D eigenvalue weighted by atomic mass is 10.00. The monoisotopic (exact) mass is 243 g/mol. The molecular formula is C13H25NOS. The molecule has 0 aromatic heterocycles. The predicted molar refractivity (Wildman–Crippen MR) is 70.9 cm³/mol. The molecule has 0 aliphatic heterocycles. The van der Waals surface area contributed by atoms with Gasteiger partial charge in [-0.1, -0.05) is 25.7 Å². The molecule has 0 heterocycles. The molecule has 16 heavy (non-hydrogen) atoms. The Bertz CT molecular complexity index is 212. The minimum absolute atomic E-state index is 0.124. The van der Waals surface area contributed by atoms with Gasteiger partial charge in [0.15, 0.2) is 0 Å². The predicted octanol–water partition coefficient (Wildman–Crippen LogP) is 2.41. The number of nitrogens with one attached hydrogen (secondary N) is 1. The van der Waals surface area contributed by atoms with E-state index in [2.05, 4.69) is 11.6 Å². The van der Waals surface area contributed by atoms with Gasteiger partial charge in [-0.3, -0.25) is 0 Å². The fourth-order valence-electron chi connectivity index (χ4n) is 2.77. The van der Waals surface area contributed by atoms with E-state index in [0.29, 0.717) is 4.75 Å². The SMILES string of the molecule is CSC1(CNCC(O)CC2CCCC2)CC1. The topological polar surface area (TPSA) is 32.3 Å². The van der Waals surface area contributed by atoms with Gasteiger partial charge >= 0.3 is 0 Å². The average Bonchev–Trinajstić information content (AvgIpc) is 2.87. The number of hydrogen-bond donors (Lipinski definition) is 2. The van der Waals surface area contributed by atoms with Crippen LogP contribution in [0.15, 0.2) is 0 Å². The zero-order chi connectivity index (χ0) is 11.4. The highest BCUT2D eigenvalue weighted by molar-refractivity contribution is 8.00. The van der Waals surface area contributed by atoms with Gasteiger partial charge in [0.1, 0.15) is 0 Å². The van der Waals surface area contributed by atoms with Crippen LogP contribution in [0.25, 0.3) is 0 Å². The van der Waals surface area contributed by atoms with Crippen LogP contribution in [0, 0.1) is 5.92 Å². The molecule has 0 radical (unpaired) electrons. The van der Waals surface area contributed by atoms with Crippen molar-refractivity contribution in [3.8, 4) is 0 Å². The summed E-state index contributed by atoms with van der Waals surface area (Å²) in [7, 11) is 0. The normalized spacial score (nSPS) is 25.9. The van der Waals surface area contributed by atoms with Crippen LogP contribution < -0.4 is 5.32 Å². The van der Waals surface area contributed by atoms with Gasteiger partial charge in [-0.2, -0.15) is 11.8 Å². The molecule has 2 fully saturated rings. The van der Waals surface area contributed by atoms with Crippen LogP contribution in [0.3, 0.4) is 0 Å². The summed E-state index contributed by atoms with van der Waals surface area (Å²) in [6.45, 7) is 1.87. The molecule has 0 amide bonds. The van der Waals surface area contributed by atoms with Crippen molar-refractivity contribution in [2.24, 2.45) is 5.92 Å². The van der Waals surface area contributed by atoms with Gasteiger partial charge in [-0.15, -0.1) is 0 Å². The van der Waals surface area contributed by atoms with Gasteiger partial charge in [0, 0.05) is 17.8 Å². The highest BCUT2D eigenvalue weighted by Gasteiger charge is 2.41. The molecule has 2 aliphatic carbocycles.